The van der Waals surface area contributed by atoms with Crippen molar-refractivity contribution in [3.8, 4) is 5.75 Å². The van der Waals surface area contributed by atoms with Gasteiger partial charge in [-0.25, -0.2) is 9.18 Å². The fraction of sp³-hybridized carbons (Fsp3) is 0.500. The van der Waals surface area contributed by atoms with Gasteiger partial charge in [0, 0.05) is 13.0 Å². The van der Waals surface area contributed by atoms with Gasteiger partial charge in [0.2, 0.25) is 5.91 Å². The lowest BCUT2D eigenvalue weighted by molar-refractivity contribution is -0.146. The molecule has 126 valence electrons. The molecule has 1 heterocycles. The molecule has 0 saturated carbocycles. The minimum atomic E-state index is -1.20. The first kappa shape index (κ1) is 17.2. The molecule has 1 fully saturated rings. The number of carbonyl (C=O) groups excluding carboxylic acids is 1. The average Bonchev–Trinajstić information content (AvgIpc) is 2.50. The van der Waals surface area contributed by atoms with Crippen LogP contribution in [0.3, 0.4) is 0 Å². The number of phenols is 1. The number of amides is 1. The molecule has 0 aromatic heterocycles. The van der Waals surface area contributed by atoms with Gasteiger partial charge in [0.15, 0.2) is 11.6 Å². The van der Waals surface area contributed by atoms with Gasteiger partial charge in [-0.05, 0) is 37.5 Å². The Morgan fingerprint density at radius 3 is 2.78 bits per heavy atom. The van der Waals surface area contributed by atoms with E-state index in [1.54, 1.807) is 6.92 Å². The Morgan fingerprint density at radius 2 is 2.22 bits per heavy atom. The predicted octanol–water partition coefficient (Wildman–Crippen LogP) is 1.46. The van der Waals surface area contributed by atoms with E-state index >= 15 is 0 Å². The van der Waals surface area contributed by atoms with Gasteiger partial charge in [0.25, 0.3) is 0 Å². The standard InChI is InChI=1S/C16H20FNO5/c1-16(5-2-6-23-9-16)15(22)18-12(14(20)21)8-10-3-4-13(19)11(17)7-10/h3-4,7,12,19H,2,5-6,8-9H2,1H3,(H,18,22)(H,20,21). The molecule has 0 bridgehead atoms. The van der Waals surface area contributed by atoms with Crippen molar-refractivity contribution in [3.05, 3.63) is 29.6 Å². The minimum absolute atomic E-state index is 0.0742. The Morgan fingerprint density at radius 1 is 1.48 bits per heavy atom. The van der Waals surface area contributed by atoms with E-state index < -0.39 is 29.0 Å². The molecular weight excluding hydrogens is 305 g/mol. The Kier molecular flexibility index (Phi) is 5.20. The third-order valence-corrected chi connectivity index (χ3v) is 4.04. The number of hydrogen-bond donors (Lipinski definition) is 3. The van der Waals surface area contributed by atoms with Crippen LogP contribution in [0.25, 0.3) is 0 Å². The number of aromatic hydroxyl groups is 1. The van der Waals surface area contributed by atoms with Crippen molar-refractivity contribution < 1.29 is 28.9 Å². The van der Waals surface area contributed by atoms with Crippen LogP contribution in [0.2, 0.25) is 0 Å². The molecule has 3 N–H and O–H groups in total. The molecule has 7 heteroatoms. The molecule has 1 aromatic carbocycles. The second-order valence-electron chi connectivity index (χ2n) is 6.07. The molecule has 1 saturated heterocycles. The lowest BCUT2D eigenvalue weighted by Crippen LogP contribution is -2.51. The molecule has 0 radical (unpaired) electrons. The fourth-order valence-corrected chi connectivity index (χ4v) is 2.56. The highest BCUT2D eigenvalue weighted by molar-refractivity contribution is 5.87. The number of hydrogen-bond acceptors (Lipinski definition) is 4. The molecule has 0 spiro atoms. The fourth-order valence-electron chi connectivity index (χ4n) is 2.56. The number of benzene rings is 1. The Balaban J connectivity index is 2.07. The van der Waals surface area contributed by atoms with Gasteiger partial charge in [-0.1, -0.05) is 6.07 Å². The van der Waals surface area contributed by atoms with Crippen molar-refractivity contribution in [2.75, 3.05) is 13.2 Å². The smallest absolute Gasteiger partial charge is 0.326 e. The maximum Gasteiger partial charge on any atom is 0.326 e. The summed E-state index contributed by atoms with van der Waals surface area (Å²) in [6.45, 7) is 2.58. The Labute approximate surface area is 133 Å². The first-order valence-electron chi connectivity index (χ1n) is 7.41. The molecule has 2 unspecified atom stereocenters. The molecule has 2 atom stereocenters. The van der Waals surface area contributed by atoms with Crippen molar-refractivity contribution >= 4 is 11.9 Å². The number of carboxylic acid groups (broad SMARTS) is 1. The summed E-state index contributed by atoms with van der Waals surface area (Å²) >= 11 is 0. The number of carbonyl (C=O) groups is 2. The van der Waals surface area contributed by atoms with Gasteiger partial charge in [-0.2, -0.15) is 0 Å². The summed E-state index contributed by atoms with van der Waals surface area (Å²) in [5.41, 5.74) is -0.385. The predicted molar refractivity (Wildman–Crippen MR) is 79.5 cm³/mol. The molecule has 1 aliphatic heterocycles. The van der Waals surface area contributed by atoms with E-state index in [1.165, 1.54) is 6.07 Å². The van der Waals surface area contributed by atoms with Gasteiger partial charge in [0.1, 0.15) is 6.04 Å². The second-order valence-corrected chi connectivity index (χ2v) is 6.07. The maximum atomic E-state index is 13.3. The summed E-state index contributed by atoms with van der Waals surface area (Å²) < 4.78 is 18.7. The highest BCUT2D eigenvalue weighted by Gasteiger charge is 2.37. The molecule has 0 aliphatic carbocycles. The third kappa shape index (κ3) is 4.19. The topological polar surface area (TPSA) is 95.9 Å². The Hall–Kier alpha value is -2.15. The quantitative estimate of drug-likeness (QED) is 0.762. The molecule has 23 heavy (non-hydrogen) atoms. The SMILES string of the molecule is CC1(C(=O)NC(Cc2ccc(O)c(F)c2)C(=O)O)CCCOC1. The summed E-state index contributed by atoms with van der Waals surface area (Å²) in [4.78, 5) is 23.8. The normalized spacial score (nSPS) is 22.3. The lowest BCUT2D eigenvalue weighted by Gasteiger charge is -2.33. The third-order valence-electron chi connectivity index (χ3n) is 4.04. The molecular formula is C16H20FNO5. The van der Waals surface area contributed by atoms with Gasteiger partial charge in [0.05, 0.1) is 12.0 Å². The zero-order chi connectivity index (χ0) is 17.0. The van der Waals surface area contributed by atoms with Crippen LogP contribution in [0.15, 0.2) is 18.2 Å². The summed E-state index contributed by atoms with van der Waals surface area (Å²) in [7, 11) is 0. The highest BCUT2D eigenvalue weighted by atomic mass is 19.1. The highest BCUT2D eigenvalue weighted by Crippen LogP contribution is 2.28. The first-order chi connectivity index (χ1) is 10.8. The number of rotatable bonds is 5. The van der Waals surface area contributed by atoms with Crippen LogP contribution in [0.1, 0.15) is 25.3 Å². The first-order valence-corrected chi connectivity index (χ1v) is 7.41. The molecule has 1 aromatic rings. The van der Waals surface area contributed by atoms with E-state index in [0.717, 1.165) is 18.6 Å². The number of phenolic OH excluding ortho intramolecular Hbond substituents is 1. The van der Waals surface area contributed by atoms with Crippen LogP contribution in [0.4, 0.5) is 4.39 Å². The van der Waals surface area contributed by atoms with Crippen molar-refractivity contribution in [1.82, 2.24) is 5.32 Å². The van der Waals surface area contributed by atoms with Crippen molar-refractivity contribution in [3.63, 3.8) is 0 Å². The number of nitrogens with one attached hydrogen (secondary N) is 1. The van der Waals surface area contributed by atoms with Crippen LogP contribution in [0.5, 0.6) is 5.75 Å². The zero-order valence-electron chi connectivity index (χ0n) is 12.8. The molecule has 1 amide bonds. The van der Waals surface area contributed by atoms with Gasteiger partial charge < -0.3 is 20.3 Å². The Bertz CT molecular complexity index is 598. The van der Waals surface area contributed by atoms with Crippen LogP contribution >= 0.6 is 0 Å². The van der Waals surface area contributed by atoms with E-state index in [0.29, 0.717) is 18.6 Å². The zero-order valence-corrected chi connectivity index (χ0v) is 12.8. The van der Waals surface area contributed by atoms with E-state index in [9.17, 15) is 19.1 Å². The van der Waals surface area contributed by atoms with Gasteiger partial charge in [-0.15, -0.1) is 0 Å². The van der Waals surface area contributed by atoms with Crippen LogP contribution in [0, 0.1) is 11.2 Å². The summed E-state index contributed by atoms with van der Waals surface area (Å²) in [6.07, 6.45) is 1.29. The van der Waals surface area contributed by atoms with Crippen molar-refractivity contribution in [1.29, 1.82) is 0 Å². The van der Waals surface area contributed by atoms with E-state index in [1.807, 2.05) is 0 Å². The largest absolute Gasteiger partial charge is 0.505 e. The number of ether oxygens (including phenoxy) is 1. The minimum Gasteiger partial charge on any atom is -0.505 e. The van der Waals surface area contributed by atoms with E-state index in [2.05, 4.69) is 5.32 Å². The number of carboxylic acids is 1. The molecule has 2 rings (SSSR count). The second kappa shape index (κ2) is 6.95. The summed E-state index contributed by atoms with van der Waals surface area (Å²) in [5, 5.41) is 21.0. The molecule has 1 aliphatic rings. The van der Waals surface area contributed by atoms with Crippen LogP contribution in [-0.2, 0) is 20.7 Å². The van der Waals surface area contributed by atoms with Crippen LogP contribution < -0.4 is 5.32 Å². The number of aliphatic carboxylic acids is 1. The summed E-state index contributed by atoms with van der Waals surface area (Å²) in [5.74, 6) is -2.92. The maximum absolute atomic E-state index is 13.3. The van der Waals surface area contributed by atoms with Gasteiger partial charge >= 0.3 is 5.97 Å². The van der Waals surface area contributed by atoms with Gasteiger partial charge in [-0.3, -0.25) is 4.79 Å². The van der Waals surface area contributed by atoms with Crippen molar-refractivity contribution in [2.45, 2.75) is 32.2 Å². The van der Waals surface area contributed by atoms with Crippen molar-refractivity contribution in [2.24, 2.45) is 5.41 Å². The average molecular weight is 325 g/mol. The summed E-state index contributed by atoms with van der Waals surface area (Å²) in [6, 6.07) is 2.46. The lowest BCUT2D eigenvalue weighted by atomic mass is 9.83. The number of halogens is 1. The molecule has 6 nitrogen and oxygen atoms in total. The monoisotopic (exact) mass is 325 g/mol. The van der Waals surface area contributed by atoms with E-state index in [-0.39, 0.29) is 18.9 Å². The van der Waals surface area contributed by atoms with Crippen LogP contribution in [-0.4, -0.2) is 41.3 Å². The van der Waals surface area contributed by atoms with E-state index in [4.69, 9.17) is 9.84 Å².